The first-order valence-electron chi connectivity index (χ1n) is 12.3. The van der Waals surface area contributed by atoms with Crippen LogP contribution in [0.5, 0.6) is 5.75 Å². The predicted octanol–water partition coefficient (Wildman–Crippen LogP) is 5.93. The molecule has 9 nitrogen and oxygen atoms in total. The fourth-order valence-corrected chi connectivity index (χ4v) is 4.27. The molecule has 10 heteroatoms. The number of methoxy groups -OCH3 is 1. The van der Waals surface area contributed by atoms with Gasteiger partial charge in [0.15, 0.2) is 5.78 Å². The number of alkyl carbamates (subject to hydrolysis) is 1. The molecule has 3 N–H and O–H groups in total. The van der Waals surface area contributed by atoms with Crippen molar-refractivity contribution >= 4 is 46.1 Å². The molecule has 0 radical (unpaired) electrons. The van der Waals surface area contributed by atoms with Gasteiger partial charge in [-0.05, 0) is 60.2 Å². The Hall–Kier alpha value is -5.02. The number of aromatic nitrogens is 2. The maximum atomic E-state index is 13.7. The molecule has 4 aromatic carbocycles. The van der Waals surface area contributed by atoms with Crippen LogP contribution in [0.3, 0.4) is 0 Å². The van der Waals surface area contributed by atoms with Crippen LogP contribution in [0.1, 0.15) is 27.7 Å². The number of benzene rings is 4. The zero-order chi connectivity index (χ0) is 28.1. The predicted molar refractivity (Wildman–Crippen MR) is 152 cm³/mol. The highest BCUT2D eigenvalue weighted by molar-refractivity contribution is 6.30. The van der Waals surface area contributed by atoms with Crippen molar-refractivity contribution in [2.24, 2.45) is 0 Å². The van der Waals surface area contributed by atoms with Crippen LogP contribution in [-0.2, 0) is 16.1 Å². The molecule has 5 aromatic rings. The number of fused-ring (bicyclic) bond motifs is 1. The summed E-state index contributed by atoms with van der Waals surface area (Å²) in [5.74, 6) is -0.508. The van der Waals surface area contributed by atoms with Crippen LogP contribution in [0.4, 0.5) is 10.5 Å². The van der Waals surface area contributed by atoms with Crippen LogP contribution < -0.4 is 15.4 Å². The summed E-state index contributed by atoms with van der Waals surface area (Å²) in [6, 6.07) is 27.7. The van der Waals surface area contributed by atoms with E-state index in [1.807, 2.05) is 54.6 Å². The minimum absolute atomic E-state index is 0.0310. The van der Waals surface area contributed by atoms with Crippen molar-refractivity contribution in [3.05, 3.63) is 119 Å². The number of hydrogen-bond acceptors (Lipinski definition) is 5. The highest BCUT2D eigenvalue weighted by Crippen LogP contribution is 2.27. The van der Waals surface area contributed by atoms with E-state index in [0.29, 0.717) is 21.9 Å². The van der Waals surface area contributed by atoms with E-state index < -0.39 is 18.2 Å². The normalized spacial score (nSPS) is 11.6. The molecule has 1 heterocycles. The van der Waals surface area contributed by atoms with E-state index in [2.05, 4.69) is 15.7 Å². The van der Waals surface area contributed by atoms with Crippen molar-refractivity contribution in [1.82, 2.24) is 15.1 Å². The number of hydrogen-bond donors (Lipinski definition) is 3. The smallest absolute Gasteiger partial charge is 0.409 e. The van der Waals surface area contributed by atoms with Gasteiger partial charge < -0.3 is 14.8 Å². The lowest BCUT2D eigenvalue weighted by Crippen LogP contribution is -2.43. The number of ketones is 1. The van der Waals surface area contributed by atoms with Gasteiger partial charge in [-0.25, -0.2) is 4.79 Å². The van der Waals surface area contributed by atoms with Crippen molar-refractivity contribution in [2.75, 3.05) is 12.4 Å². The van der Waals surface area contributed by atoms with E-state index in [1.54, 1.807) is 42.5 Å². The van der Waals surface area contributed by atoms with E-state index in [-0.39, 0.29) is 23.6 Å². The lowest BCUT2D eigenvalue weighted by atomic mass is 10.0. The lowest BCUT2D eigenvalue weighted by Gasteiger charge is -2.26. The summed E-state index contributed by atoms with van der Waals surface area (Å²) in [6.07, 6.45) is -2.00. The van der Waals surface area contributed by atoms with Gasteiger partial charge in [0.2, 0.25) is 6.17 Å². The average Bonchev–Trinajstić information content (AvgIpc) is 2.97. The average molecular weight is 557 g/mol. The number of amides is 2. The Labute approximate surface area is 234 Å². The third kappa shape index (κ3) is 5.84. The number of anilines is 1. The Morgan fingerprint density at radius 3 is 2.38 bits per heavy atom. The van der Waals surface area contributed by atoms with Gasteiger partial charge in [0.1, 0.15) is 12.4 Å². The van der Waals surface area contributed by atoms with E-state index in [4.69, 9.17) is 21.1 Å². The third-order valence-electron chi connectivity index (χ3n) is 6.21. The number of nitrogens with one attached hydrogen (secondary N) is 3. The number of para-hydroxylation sites is 2. The Morgan fingerprint density at radius 1 is 0.925 bits per heavy atom. The summed E-state index contributed by atoms with van der Waals surface area (Å²) < 4.78 is 12.2. The zero-order valence-electron chi connectivity index (χ0n) is 21.4. The summed E-state index contributed by atoms with van der Waals surface area (Å²) in [5, 5.41) is 8.97. The first-order chi connectivity index (χ1) is 19.4. The highest BCUT2D eigenvalue weighted by Gasteiger charge is 2.28. The Morgan fingerprint density at radius 2 is 1.65 bits per heavy atom. The molecule has 0 fully saturated rings. The number of nitrogens with zero attached hydrogens (tertiary/aromatic N) is 1. The van der Waals surface area contributed by atoms with Gasteiger partial charge in [0.25, 0.3) is 5.91 Å². The molecular weight excluding hydrogens is 532 g/mol. The highest BCUT2D eigenvalue weighted by atomic mass is 35.5. The molecule has 0 spiro atoms. The van der Waals surface area contributed by atoms with E-state index in [1.165, 1.54) is 11.8 Å². The number of rotatable bonds is 9. The minimum atomic E-state index is -1.21. The van der Waals surface area contributed by atoms with Crippen molar-refractivity contribution in [1.29, 1.82) is 0 Å². The quantitative estimate of drug-likeness (QED) is 0.195. The van der Waals surface area contributed by atoms with E-state index in [9.17, 15) is 14.4 Å². The van der Waals surface area contributed by atoms with Crippen LogP contribution in [0.25, 0.3) is 11.0 Å². The molecule has 5 rings (SSSR count). The summed E-state index contributed by atoms with van der Waals surface area (Å²) in [6.45, 7) is 0.0310. The van der Waals surface area contributed by atoms with Crippen LogP contribution in [0.2, 0.25) is 5.02 Å². The molecule has 0 aliphatic rings. The Balaban J connectivity index is 1.42. The maximum absolute atomic E-state index is 13.7. The molecule has 1 aromatic heterocycles. The SMILES string of the molecule is COc1ccc(NC(=O)C(NC(=O)OCc2ccccc2)n2[nH]c3ccccc32)c(C(=O)c2ccc(Cl)cc2)c1. The van der Waals surface area contributed by atoms with E-state index >= 15 is 0 Å². The first kappa shape index (κ1) is 26.6. The minimum Gasteiger partial charge on any atom is -0.497 e. The third-order valence-corrected chi connectivity index (χ3v) is 6.47. The summed E-state index contributed by atoms with van der Waals surface area (Å²) in [7, 11) is 1.48. The number of carbonyl (C=O) groups excluding carboxylic acids is 3. The molecule has 0 aliphatic heterocycles. The number of aromatic amines is 1. The first-order valence-corrected chi connectivity index (χ1v) is 12.7. The number of H-pyrrole nitrogens is 1. The van der Waals surface area contributed by atoms with Gasteiger partial charge in [-0.15, -0.1) is 0 Å². The van der Waals surface area contributed by atoms with Crippen LogP contribution in [-0.4, -0.2) is 34.7 Å². The van der Waals surface area contributed by atoms with Crippen LogP contribution >= 0.6 is 11.6 Å². The largest absolute Gasteiger partial charge is 0.497 e. The van der Waals surface area contributed by atoms with Gasteiger partial charge in [-0.3, -0.25) is 24.7 Å². The van der Waals surface area contributed by atoms with Crippen LogP contribution in [0, 0.1) is 0 Å². The molecule has 40 heavy (non-hydrogen) atoms. The second-order valence-electron chi connectivity index (χ2n) is 8.84. The zero-order valence-corrected chi connectivity index (χ0v) is 22.1. The molecule has 1 unspecified atom stereocenters. The van der Waals surface area contributed by atoms with Gasteiger partial charge >= 0.3 is 6.09 Å². The number of ether oxygens (including phenoxy) is 2. The topological polar surface area (TPSA) is 114 Å². The fraction of sp³-hybridized carbons (Fsp3) is 0.100. The number of halogens is 1. The molecule has 0 saturated heterocycles. The van der Waals surface area contributed by atoms with Gasteiger partial charge in [0.05, 0.1) is 23.8 Å². The van der Waals surface area contributed by atoms with E-state index in [0.717, 1.165) is 11.1 Å². The second kappa shape index (κ2) is 11.8. The molecule has 0 saturated carbocycles. The summed E-state index contributed by atoms with van der Waals surface area (Å²) in [5.41, 5.74) is 3.13. The molecule has 1 atom stereocenters. The second-order valence-corrected chi connectivity index (χ2v) is 9.28. The lowest BCUT2D eigenvalue weighted by molar-refractivity contribution is -0.120. The molecule has 0 bridgehead atoms. The van der Waals surface area contributed by atoms with Crippen LogP contribution in [0.15, 0.2) is 97.1 Å². The van der Waals surface area contributed by atoms with Crippen molar-refractivity contribution in [3.8, 4) is 5.75 Å². The molecule has 2 amide bonds. The number of carbonyl (C=O) groups is 3. The fourth-order valence-electron chi connectivity index (χ4n) is 4.15. The molecular formula is C30H25ClN4O5. The molecule has 202 valence electrons. The van der Waals surface area contributed by atoms with Gasteiger partial charge in [-0.2, -0.15) is 0 Å². The van der Waals surface area contributed by atoms with Gasteiger partial charge in [-0.1, -0.05) is 54.1 Å². The Kier molecular flexibility index (Phi) is 7.84. The van der Waals surface area contributed by atoms with Crippen molar-refractivity contribution < 1.29 is 23.9 Å². The maximum Gasteiger partial charge on any atom is 0.409 e. The Bertz CT molecular complexity index is 1660. The molecule has 0 aliphatic carbocycles. The summed E-state index contributed by atoms with van der Waals surface area (Å²) in [4.78, 5) is 39.8. The monoisotopic (exact) mass is 556 g/mol. The van der Waals surface area contributed by atoms with Crippen molar-refractivity contribution in [2.45, 2.75) is 12.8 Å². The van der Waals surface area contributed by atoms with Gasteiger partial charge in [0, 0.05) is 16.1 Å². The summed E-state index contributed by atoms with van der Waals surface area (Å²) >= 11 is 5.98. The van der Waals surface area contributed by atoms with Crippen molar-refractivity contribution in [3.63, 3.8) is 0 Å². The standard InChI is InChI=1S/C30H25ClN4O5/c1-39-22-15-16-24(23(17-22)27(36)20-11-13-21(31)14-12-20)32-29(37)28(35-26-10-6-5-9-25(26)34-35)33-30(38)40-18-19-7-3-2-4-8-19/h2-17,28,34H,18H2,1H3,(H,32,37)(H,33,38).